The Morgan fingerprint density at radius 1 is 1.12 bits per heavy atom. The second-order valence-corrected chi connectivity index (χ2v) is 7.25. The van der Waals surface area contributed by atoms with Crippen molar-refractivity contribution in [2.24, 2.45) is 0 Å². The van der Waals surface area contributed by atoms with Crippen LogP contribution in [0.3, 0.4) is 0 Å². The molecule has 134 valence electrons. The van der Waals surface area contributed by atoms with Gasteiger partial charge >= 0.3 is 0 Å². The summed E-state index contributed by atoms with van der Waals surface area (Å²) in [6.07, 6.45) is 0.258. The summed E-state index contributed by atoms with van der Waals surface area (Å²) in [6, 6.07) is 13.8. The smallest absolute Gasteiger partial charge is 0.230 e. The fourth-order valence-corrected chi connectivity index (χ4v) is 3.23. The van der Waals surface area contributed by atoms with E-state index >= 15 is 0 Å². The molecule has 1 aromatic heterocycles. The van der Waals surface area contributed by atoms with Crippen molar-refractivity contribution in [3.8, 4) is 5.75 Å². The lowest BCUT2D eigenvalue weighted by atomic mass is 10.1. The van der Waals surface area contributed by atoms with Crippen molar-refractivity contribution in [3.63, 3.8) is 0 Å². The molecule has 0 fully saturated rings. The van der Waals surface area contributed by atoms with Crippen LogP contribution in [0.5, 0.6) is 5.75 Å². The van der Waals surface area contributed by atoms with Gasteiger partial charge in [0.15, 0.2) is 0 Å². The Kier molecular flexibility index (Phi) is 5.68. The molecule has 0 radical (unpaired) electrons. The summed E-state index contributed by atoms with van der Waals surface area (Å²) in [5.41, 5.74) is 5.07. The molecular formula is C21H22N2O2S. The predicted octanol–water partition coefficient (Wildman–Crippen LogP) is 4.83. The topological polar surface area (TPSA) is 51.2 Å². The van der Waals surface area contributed by atoms with Gasteiger partial charge in [0.1, 0.15) is 17.4 Å². The van der Waals surface area contributed by atoms with E-state index in [1.807, 2.05) is 68.6 Å². The molecular weight excluding hydrogens is 344 g/mol. The largest absolute Gasteiger partial charge is 0.486 e. The highest BCUT2D eigenvalue weighted by atomic mass is 32.1. The van der Waals surface area contributed by atoms with Crippen LogP contribution in [0.1, 0.15) is 27.4 Å². The Labute approximate surface area is 157 Å². The van der Waals surface area contributed by atoms with E-state index < -0.39 is 0 Å². The van der Waals surface area contributed by atoms with Crippen LogP contribution in [-0.2, 0) is 17.8 Å². The van der Waals surface area contributed by atoms with Gasteiger partial charge < -0.3 is 10.1 Å². The Morgan fingerprint density at radius 3 is 2.65 bits per heavy atom. The molecule has 0 aliphatic heterocycles. The van der Waals surface area contributed by atoms with Gasteiger partial charge in [-0.1, -0.05) is 29.8 Å². The number of ether oxygens (including phenoxy) is 1. The molecule has 5 heteroatoms. The van der Waals surface area contributed by atoms with Crippen LogP contribution in [0.25, 0.3) is 0 Å². The van der Waals surface area contributed by atoms with Crippen molar-refractivity contribution < 1.29 is 9.53 Å². The first-order valence-electron chi connectivity index (χ1n) is 8.50. The molecule has 2 aromatic carbocycles. The van der Waals surface area contributed by atoms with Crippen LogP contribution in [0, 0.1) is 20.8 Å². The van der Waals surface area contributed by atoms with Crippen LogP contribution in [0.15, 0.2) is 47.8 Å². The fourth-order valence-electron chi connectivity index (χ4n) is 2.52. The van der Waals surface area contributed by atoms with Crippen LogP contribution in [0.4, 0.5) is 5.69 Å². The summed E-state index contributed by atoms with van der Waals surface area (Å²) in [7, 11) is 0. The lowest BCUT2D eigenvalue weighted by Gasteiger charge is -2.09. The van der Waals surface area contributed by atoms with Crippen molar-refractivity contribution in [3.05, 3.63) is 75.2 Å². The van der Waals surface area contributed by atoms with E-state index in [1.165, 1.54) is 16.9 Å². The standard InChI is InChI=1S/C21H22N2O2S/c1-14-7-9-18(10-8-14)25-12-21-22-17(13-26-21)11-20(24)23-19-6-4-5-15(2)16(19)3/h4-10,13H,11-12H2,1-3H3,(H,23,24). The summed E-state index contributed by atoms with van der Waals surface area (Å²) in [5, 5.41) is 5.74. The molecule has 0 aliphatic carbocycles. The third kappa shape index (κ3) is 4.70. The molecule has 4 nitrogen and oxygen atoms in total. The lowest BCUT2D eigenvalue weighted by molar-refractivity contribution is -0.115. The maximum absolute atomic E-state index is 12.3. The average Bonchev–Trinajstić information content (AvgIpc) is 3.06. The zero-order valence-electron chi connectivity index (χ0n) is 15.2. The Hall–Kier alpha value is -2.66. The third-order valence-electron chi connectivity index (χ3n) is 4.20. The zero-order chi connectivity index (χ0) is 18.5. The molecule has 26 heavy (non-hydrogen) atoms. The normalized spacial score (nSPS) is 10.6. The highest BCUT2D eigenvalue weighted by Crippen LogP contribution is 2.19. The van der Waals surface area contributed by atoms with Crippen LogP contribution < -0.4 is 10.1 Å². The number of amides is 1. The average molecular weight is 366 g/mol. The fraction of sp³-hybridized carbons (Fsp3) is 0.238. The molecule has 0 saturated carbocycles. The van der Waals surface area contributed by atoms with Crippen LogP contribution in [0.2, 0.25) is 0 Å². The SMILES string of the molecule is Cc1ccc(OCc2nc(CC(=O)Nc3cccc(C)c3C)cs2)cc1. The second-order valence-electron chi connectivity index (χ2n) is 6.31. The maximum Gasteiger partial charge on any atom is 0.230 e. The maximum atomic E-state index is 12.3. The van der Waals surface area contributed by atoms with E-state index in [0.29, 0.717) is 6.61 Å². The number of thiazole rings is 1. The van der Waals surface area contributed by atoms with E-state index in [-0.39, 0.29) is 12.3 Å². The summed E-state index contributed by atoms with van der Waals surface area (Å²) in [5.74, 6) is 0.759. The molecule has 0 unspecified atom stereocenters. The lowest BCUT2D eigenvalue weighted by Crippen LogP contribution is -2.15. The highest BCUT2D eigenvalue weighted by Gasteiger charge is 2.10. The van der Waals surface area contributed by atoms with Crippen molar-refractivity contribution in [1.82, 2.24) is 4.98 Å². The quantitative estimate of drug-likeness (QED) is 0.680. The number of anilines is 1. The molecule has 0 aliphatic rings. The molecule has 0 atom stereocenters. The molecule has 1 N–H and O–H groups in total. The van der Waals surface area contributed by atoms with Gasteiger partial charge in [-0.05, 0) is 50.1 Å². The molecule has 3 rings (SSSR count). The number of nitrogens with zero attached hydrogens (tertiary/aromatic N) is 1. The third-order valence-corrected chi connectivity index (χ3v) is 5.07. The van der Waals surface area contributed by atoms with Gasteiger partial charge in [0.2, 0.25) is 5.91 Å². The van der Waals surface area contributed by atoms with E-state index in [1.54, 1.807) is 0 Å². The molecule has 1 heterocycles. The molecule has 0 saturated heterocycles. The number of carbonyl (C=O) groups excluding carboxylic acids is 1. The van der Waals surface area contributed by atoms with Gasteiger partial charge in [0.25, 0.3) is 0 Å². The number of nitrogens with one attached hydrogen (secondary N) is 1. The zero-order valence-corrected chi connectivity index (χ0v) is 16.0. The van der Waals surface area contributed by atoms with Crippen LogP contribution >= 0.6 is 11.3 Å². The Morgan fingerprint density at radius 2 is 1.88 bits per heavy atom. The molecule has 0 bridgehead atoms. The minimum Gasteiger partial charge on any atom is -0.486 e. The van der Waals surface area contributed by atoms with Gasteiger partial charge in [-0.3, -0.25) is 4.79 Å². The van der Waals surface area contributed by atoms with Crippen molar-refractivity contribution in [2.45, 2.75) is 33.8 Å². The number of benzene rings is 2. The van der Waals surface area contributed by atoms with Crippen molar-refractivity contribution >= 4 is 22.9 Å². The molecule has 0 spiro atoms. The first kappa shape index (κ1) is 18.1. The van der Waals surface area contributed by atoms with Gasteiger partial charge in [-0.25, -0.2) is 4.98 Å². The summed E-state index contributed by atoms with van der Waals surface area (Å²) in [6.45, 7) is 6.49. The number of hydrogen-bond donors (Lipinski definition) is 1. The summed E-state index contributed by atoms with van der Waals surface area (Å²) in [4.78, 5) is 16.8. The van der Waals surface area contributed by atoms with Crippen LogP contribution in [-0.4, -0.2) is 10.9 Å². The predicted molar refractivity (Wildman–Crippen MR) is 106 cm³/mol. The number of rotatable bonds is 6. The van der Waals surface area contributed by atoms with E-state index in [0.717, 1.165) is 33.3 Å². The Balaban J connectivity index is 1.55. The number of hydrogen-bond acceptors (Lipinski definition) is 4. The second kappa shape index (κ2) is 8.15. The van der Waals surface area contributed by atoms with E-state index in [2.05, 4.69) is 10.3 Å². The van der Waals surface area contributed by atoms with Gasteiger partial charge in [0.05, 0.1) is 12.1 Å². The number of aryl methyl sites for hydroxylation is 2. The minimum absolute atomic E-state index is 0.0602. The number of carbonyl (C=O) groups is 1. The van der Waals surface area contributed by atoms with Crippen molar-refractivity contribution in [1.29, 1.82) is 0 Å². The monoisotopic (exact) mass is 366 g/mol. The Bertz CT molecular complexity index is 901. The first-order valence-corrected chi connectivity index (χ1v) is 9.38. The highest BCUT2D eigenvalue weighted by molar-refractivity contribution is 7.09. The number of aromatic nitrogens is 1. The molecule has 1 amide bonds. The van der Waals surface area contributed by atoms with Gasteiger partial charge in [-0.2, -0.15) is 0 Å². The van der Waals surface area contributed by atoms with Gasteiger partial charge in [-0.15, -0.1) is 11.3 Å². The van der Waals surface area contributed by atoms with Gasteiger partial charge in [0, 0.05) is 11.1 Å². The molecule has 3 aromatic rings. The van der Waals surface area contributed by atoms with E-state index in [9.17, 15) is 4.79 Å². The van der Waals surface area contributed by atoms with Crippen molar-refractivity contribution in [2.75, 3.05) is 5.32 Å². The minimum atomic E-state index is -0.0602. The van der Waals surface area contributed by atoms with E-state index in [4.69, 9.17) is 4.74 Å². The first-order chi connectivity index (χ1) is 12.5. The summed E-state index contributed by atoms with van der Waals surface area (Å²) < 4.78 is 5.74. The summed E-state index contributed by atoms with van der Waals surface area (Å²) >= 11 is 1.51.